The lowest BCUT2D eigenvalue weighted by Crippen LogP contribution is -2.25. The van der Waals surface area contributed by atoms with Crippen LogP contribution in [0.3, 0.4) is 0 Å². The smallest absolute Gasteiger partial charge is 0.166 e. The molecule has 0 saturated heterocycles. The van der Waals surface area contributed by atoms with Crippen molar-refractivity contribution in [1.29, 1.82) is 0 Å². The zero-order valence-corrected chi connectivity index (χ0v) is 12.1. The molecule has 0 aliphatic heterocycles. The van der Waals surface area contributed by atoms with Crippen molar-refractivity contribution >= 4 is 33.0 Å². The van der Waals surface area contributed by atoms with Gasteiger partial charge in [0.2, 0.25) is 0 Å². The van der Waals surface area contributed by atoms with Crippen LogP contribution in [-0.4, -0.2) is 18.5 Å². The number of hydrogen-bond acceptors (Lipinski definition) is 3. The summed E-state index contributed by atoms with van der Waals surface area (Å²) in [6.45, 7) is 4.60. The number of hydrogen-bond donors (Lipinski definition) is 0. The van der Waals surface area contributed by atoms with Crippen molar-refractivity contribution in [2.24, 2.45) is 0 Å². The van der Waals surface area contributed by atoms with E-state index in [0.29, 0.717) is 13.0 Å². The molecule has 0 radical (unpaired) electrons. The molecule has 0 amide bonds. The Morgan fingerprint density at radius 2 is 2.31 bits per heavy atom. The van der Waals surface area contributed by atoms with E-state index in [1.807, 2.05) is 18.4 Å². The molecule has 4 heteroatoms. The number of thiophene rings is 1. The fourth-order valence-electron chi connectivity index (χ4n) is 1.53. The largest absolute Gasteiger partial charge is 0.371 e. The fourth-order valence-corrected chi connectivity index (χ4v) is 2.99. The van der Waals surface area contributed by atoms with Gasteiger partial charge in [0, 0.05) is 27.8 Å². The van der Waals surface area contributed by atoms with Gasteiger partial charge >= 0.3 is 0 Å². The molecule has 0 fully saturated rings. The Morgan fingerprint density at radius 3 is 2.81 bits per heavy atom. The summed E-state index contributed by atoms with van der Waals surface area (Å²) in [5.74, 6) is 0.193. The van der Waals surface area contributed by atoms with Gasteiger partial charge in [-0.3, -0.25) is 4.79 Å². The highest BCUT2D eigenvalue weighted by Crippen LogP contribution is 2.21. The van der Waals surface area contributed by atoms with Crippen LogP contribution in [0.1, 0.15) is 31.6 Å². The van der Waals surface area contributed by atoms with E-state index in [0.717, 1.165) is 22.2 Å². The standard InChI is InChI=1S/C12H17BrO2S/c1-3-5-12(15-4-2)11(14)7-10-6-9(13)8-16-10/h6,8,12H,3-5,7H2,1-2H3. The molecule has 0 N–H and O–H groups in total. The predicted octanol–water partition coefficient (Wildman–Crippen LogP) is 3.83. The molecule has 0 aliphatic rings. The van der Waals surface area contributed by atoms with Crippen molar-refractivity contribution in [3.05, 3.63) is 20.8 Å². The third kappa shape index (κ3) is 4.36. The van der Waals surface area contributed by atoms with Crippen LogP contribution < -0.4 is 0 Å². The summed E-state index contributed by atoms with van der Waals surface area (Å²) in [5, 5.41) is 2.00. The molecular formula is C12H17BrO2S. The first kappa shape index (κ1) is 13.9. The highest BCUT2D eigenvalue weighted by atomic mass is 79.9. The van der Waals surface area contributed by atoms with Crippen LogP contribution in [0.4, 0.5) is 0 Å². The number of halogens is 1. The summed E-state index contributed by atoms with van der Waals surface area (Å²) >= 11 is 5.00. The molecular weight excluding hydrogens is 288 g/mol. The lowest BCUT2D eigenvalue weighted by atomic mass is 10.1. The van der Waals surface area contributed by atoms with E-state index < -0.39 is 0 Å². The van der Waals surface area contributed by atoms with Crippen molar-refractivity contribution < 1.29 is 9.53 Å². The van der Waals surface area contributed by atoms with Crippen molar-refractivity contribution in [2.75, 3.05) is 6.61 Å². The van der Waals surface area contributed by atoms with Gasteiger partial charge in [-0.1, -0.05) is 13.3 Å². The molecule has 0 saturated carbocycles. The maximum atomic E-state index is 12.0. The van der Waals surface area contributed by atoms with Crippen LogP contribution in [0, 0.1) is 0 Å². The van der Waals surface area contributed by atoms with Gasteiger partial charge in [-0.25, -0.2) is 0 Å². The van der Waals surface area contributed by atoms with Gasteiger partial charge in [0.1, 0.15) is 6.10 Å². The number of ketones is 1. The zero-order chi connectivity index (χ0) is 12.0. The molecule has 0 aliphatic carbocycles. The maximum Gasteiger partial charge on any atom is 0.166 e. The minimum Gasteiger partial charge on any atom is -0.371 e. The number of rotatable bonds is 7. The second kappa shape index (κ2) is 7.20. The highest BCUT2D eigenvalue weighted by molar-refractivity contribution is 9.10. The van der Waals surface area contributed by atoms with E-state index in [9.17, 15) is 4.79 Å². The van der Waals surface area contributed by atoms with E-state index in [1.165, 1.54) is 0 Å². The van der Waals surface area contributed by atoms with Crippen LogP contribution in [0.15, 0.2) is 15.9 Å². The van der Waals surface area contributed by atoms with Crippen LogP contribution in [0.2, 0.25) is 0 Å². The van der Waals surface area contributed by atoms with Gasteiger partial charge in [-0.2, -0.15) is 0 Å². The van der Waals surface area contributed by atoms with Gasteiger partial charge in [0.05, 0.1) is 0 Å². The summed E-state index contributed by atoms with van der Waals surface area (Å²) in [5.41, 5.74) is 0. The molecule has 1 unspecified atom stereocenters. The first-order valence-corrected chi connectivity index (χ1v) is 7.21. The molecule has 16 heavy (non-hydrogen) atoms. The average Bonchev–Trinajstić information content (AvgIpc) is 2.63. The summed E-state index contributed by atoms with van der Waals surface area (Å²) in [4.78, 5) is 13.1. The molecule has 1 aromatic heterocycles. The minimum atomic E-state index is -0.226. The van der Waals surface area contributed by atoms with Crippen LogP contribution in [-0.2, 0) is 16.0 Å². The van der Waals surface area contributed by atoms with Gasteiger partial charge in [-0.15, -0.1) is 11.3 Å². The average molecular weight is 305 g/mol. The number of carbonyl (C=O) groups excluding carboxylic acids is 1. The number of carbonyl (C=O) groups is 1. The number of ether oxygens (including phenoxy) is 1. The summed E-state index contributed by atoms with van der Waals surface area (Å²) in [7, 11) is 0. The molecule has 0 spiro atoms. The van der Waals surface area contributed by atoms with Crippen molar-refractivity contribution in [2.45, 2.75) is 39.2 Å². The number of Topliss-reactive ketones (excluding diaryl/α,β-unsaturated/α-hetero) is 1. The van der Waals surface area contributed by atoms with Crippen LogP contribution in [0.5, 0.6) is 0 Å². The Hall–Kier alpha value is -0.190. The minimum absolute atomic E-state index is 0.193. The molecule has 90 valence electrons. The van der Waals surface area contributed by atoms with E-state index in [2.05, 4.69) is 22.9 Å². The van der Waals surface area contributed by atoms with Gasteiger partial charge in [0.15, 0.2) is 5.78 Å². The van der Waals surface area contributed by atoms with E-state index in [1.54, 1.807) is 11.3 Å². The van der Waals surface area contributed by atoms with E-state index >= 15 is 0 Å². The topological polar surface area (TPSA) is 26.3 Å². The Kier molecular flexibility index (Phi) is 6.24. The van der Waals surface area contributed by atoms with E-state index in [-0.39, 0.29) is 11.9 Å². The molecule has 1 heterocycles. The molecule has 1 atom stereocenters. The summed E-state index contributed by atoms with van der Waals surface area (Å²) < 4.78 is 6.51. The summed E-state index contributed by atoms with van der Waals surface area (Å²) in [6.07, 6.45) is 2.06. The van der Waals surface area contributed by atoms with E-state index in [4.69, 9.17) is 4.74 Å². The zero-order valence-electron chi connectivity index (χ0n) is 9.66. The fraction of sp³-hybridized carbons (Fsp3) is 0.583. The van der Waals surface area contributed by atoms with Crippen LogP contribution in [0.25, 0.3) is 0 Å². The van der Waals surface area contributed by atoms with Crippen molar-refractivity contribution in [1.82, 2.24) is 0 Å². The SMILES string of the molecule is CCCC(OCC)C(=O)Cc1cc(Br)cs1. The normalized spacial score (nSPS) is 12.7. The lowest BCUT2D eigenvalue weighted by Gasteiger charge is -2.14. The highest BCUT2D eigenvalue weighted by Gasteiger charge is 2.18. The molecule has 0 aromatic carbocycles. The molecule has 0 bridgehead atoms. The third-order valence-electron chi connectivity index (χ3n) is 2.25. The second-order valence-corrected chi connectivity index (χ2v) is 5.52. The first-order valence-electron chi connectivity index (χ1n) is 5.54. The lowest BCUT2D eigenvalue weighted by molar-refractivity contribution is -0.130. The van der Waals surface area contributed by atoms with Crippen LogP contribution >= 0.6 is 27.3 Å². The Balaban J connectivity index is 2.54. The Morgan fingerprint density at radius 1 is 1.56 bits per heavy atom. The maximum absolute atomic E-state index is 12.0. The molecule has 1 aromatic rings. The van der Waals surface area contributed by atoms with Gasteiger partial charge in [-0.05, 0) is 35.3 Å². The Bertz CT molecular complexity index is 330. The third-order valence-corrected chi connectivity index (χ3v) is 3.95. The Labute approximate surface area is 109 Å². The quantitative estimate of drug-likeness (QED) is 0.765. The predicted molar refractivity (Wildman–Crippen MR) is 71.1 cm³/mol. The molecule has 1 rings (SSSR count). The first-order chi connectivity index (χ1) is 7.67. The molecule has 2 nitrogen and oxygen atoms in total. The van der Waals surface area contributed by atoms with Crippen molar-refractivity contribution in [3.63, 3.8) is 0 Å². The van der Waals surface area contributed by atoms with Gasteiger partial charge in [0.25, 0.3) is 0 Å². The van der Waals surface area contributed by atoms with Gasteiger partial charge < -0.3 is 4.74 Å². The van der Waals surface area contributed by atoms with Crippen molar-refractivity contribution in [3.8, 4) is 0 Å². The monoisotopic (exact) mass is 304 g/mol. The summed E-state index contributed by atoms with van der Waals surface area (Å²) in [6, 6.07) is 2.00. The second-order valence-electron chi connectivity index (χ2n) is 3.61.